The number of hydrogen-bond acceptors (Lipinski definition) is 3. The summed E-state index contributed by atoms with van der Waals surface area (Å²) in [7, 11) is 0. The van der Waals surface area contributed by atoms with Crippen LogP contribution < -0.4 is 9.80 Å². The first-order chi connectivity index (χ1) is 15.1. The second kappa shape index (κ2) is 10.8. The van der Waals surface area contributed by atoms with E-state index in [1.54, 1.807) is 0 Å². The first-order valence-corrected chi connectivity index (χ1v) is 11.4. The Morgan fingerprint density at radius 2 is 0.903 bits per heavy atom. The molecule has 162 valence electrons. The van der Waals surface area contributed by atoms with Crippen LogP contribution in [0.2, 0.25) is 0 Å². The topological polar surface area (TPSA) is 23.6 Å². The van der Waals surface area contributed by atoms with E-state index in [2.05, 4.69) is 98.2 Å². The molecule has 0 aliphatic carbocycles. The number of anilines is 2. The zero-order chi connectivity index (χ0) is 22.2. The van der Waals surface area contributed by atoms with E-state index < -0.39 is 0 Å². The van der Waals surface area contributed by atoms with Gasteiger partial charge in [-0.2, -0.15) is 0 Å². The van der Waals surface area contributed by atoms with Crippen LogP contribution in [0.25, 0.3) is 0 Å². The third kappa shape index (κ3) is 5.16. The molecule has 0 saturated carbocycles. The van der Waals surface area contributed by atoms with Gasteiger partial charge in [-0.15, -0.1) is 0 Å². The normalized spacial score (nSPS) is 10.9. The fourth-order valence-corrected chi connectivity index (χ4v) is 4.28. The van der Waals surface area contributed by atoms with Crippen LogP contribution in [0.3, 0.4) is 0 Å². The quantitative estimate of drug-likeness (QED) is 0.284. The summed E-state index contributed by atoms with van der Waals surface area (Å²) in [6, 6.07) is 25.8. The predicted octanol–water partition coefficient (Wildman–Crippen LogP) is 6.37. The van der Waals surface area contributed by atoms with Crippen molar-refractivity contribution in [2.45, 2.75) is 33.6 Å². The molecular weight excluding hydrogens is 380 g/mol. The molecule has 0 fully saturated rings. The maximum atomic E-state index is 11.1. The van der Waals surface area contributed by atoms with Gasteiger partial charge in [0.1, 0.15) is 6.29 Å². The molecule has 0 radical (unpaired) electrons. The summed E-state index contributed by atoms with van der Waals surface area (Å²) in [5, 5.41) is 0. The lowest BCUT2D eigenvalue weighted by Crippen LogP contribution is -2.21. The molecule has 3 nitrogen and oxygen atoms in total. The fourth-order valence-electron chi connectivity index (χ4n) is 4.28. The van der Waals surface area contributed by atoms with Crippen LogP contribution in [0.5, 0.6) is 0 Å². The monoisotopic (exact) mass is 414 g/mol. The third-order valence-corrected chi connectivity index (χ3v) is 6.12. The Morgan fingerprint density at radius 3 is 1.19 bits per heavy atom. The standard InChI is InChI=1S/C28H34N2O/c1-5-29(6-2)26-17-13-24(14-18-26)28(23-11-9-22(21-31)10-12-23)25-15-19-27(20-16-25)30(7-3)8-4/h9-21,28H,5-8H2,1-4H3. The Morgan fingerprint density at radius 1 is 0.581 bits per heavy atom. The average molecular weight is 415 g/mol. The van der Waals surface area contributed by atoms with Gasteiger partial charge in [-0.3, -0.25) is 4.79 Å². The summed E-state index contributed by atoms with van der Waals surface area (Å²) in [5.41, 5.74) is 6.91. The Labute approximate surface area is 187 Å². The maximum absolute atomic E-state index is 11.1. The van der Waals surface area contributed by atoms with E-state index in [-0.39, 0.29) is 5.92 Å². The number of carbonyl (C=O) groups is 1. The maximum Gasteiger partial charge on any atom is 0.150 e. The molecule has 31 heavy (non-hydrogen) atoms. The molecule has 0 aliphatic rings. The number of carbonyl (C=O) groups excluding carboxylic acids is 1. The molecular formula is C28H34N2O. The molecule has 3 heteroatoms. The van der Waals surface area contributed by atoms with Crippen molar-refractivity contribution in [3.05, 3.63) is 95.1 Å². The van der Waals surface area contributed by atoms with Crippen molar-refractivity contribution in [2.24, 2.45) is 0 Å². The minimum absolute atomic E-state index is 0.122. The van der Waals surface area contributed by atoms with Crippen LogP contribution in [-0.2, 0) is 0 Å². The molecule has 0 aromatic heterocycles. The zero-order valence-electron chi connectivity index (χ0n) is 19.2. The smallest absolute Gasteiger partial charge is 0.150 e. The third-order valence-electron chi connectivity index (χ3n) is 6.12. The lowest BCUT2D eigenvalue weighted by molar-refractivity contribution is 0.112. The van der Waals surface area contributed by atoms with E-state index in [0.717, 1.165) is 32.5 Å². The Bertz CT molecular complexity index is 882. The average Bonchev–Trinajstić information content (AvgIpc) is 2.83. The SMILES string of the molecule is CCN(CC)c1ccc(C(c2ccc(C=O)cc2)c2ccc(N(CC)CC)cc2)cc1. The van der Waals surface area contributed by atoms with E-state index in [1.165, 1.54) is 28.1 Å². The summed E-state index contributed by atoms with van der Waals surface area (Å²) in [4.78, 5) is 15.9. The van der Waals surface area contributed by atoms with Gasteiger partial charge in [-0.25, -0.2) is 0 Å². The minimum atomic E-state index is 0.122. The molecule has 0 N–H and O–H groups in total. The molecule has 3 aromatic rings. The van der Waals surface area contributed by atoms with E-state index >= 15 is 0 Å². The summed E-state index contributed by atoms with van der Waals surface area (Å²) in [6.45, 7) is 12.7. The van der Waals surface area contributed by atoms with E-state index in [0.29, 0.717) is 5.56 Å². The highest BCUT2D eigenvalue weighted by atomic mass is 16.1. The molecule has 0 saturated heterocycles. The van der Waals surface area contributed by atoms with Crippen LogP contribution in [0, 0.1) is 0 Å². The second-order valence-electron chi connectivity index (χ2n) is 7.75. The number of hydrogen-bond donors (Lipinski definition) is 0. The van der Waals surface area contributed by atoms with Crippen molar-refractivity contribution in [2.75, 3.05) is 36.0 Å². The van der Waals surface area contributed by atoms with Gasteiger partial charge in [0.2, 0.25) is 0 Å². The lowest BCUT2D eigenvalue weighted by atomic mass is 9.84. The van der Waals surface area contributed by atoms with Gasteiger partial charge in [-0.05, 0) is 68.7 Å². The Balaban J connectivity index is 2.01. The molecule has 3 aromatic carbocycles. The molecule has 0 spiro atoms. The van der Waals surface area contributed by atoms with Gasteiger partial charge in [0.05, 0.1) is 0 Å². The number of benzene rings is 3. The fraction of sp³-hybridized carbons (Fsp3) is 0.321. The summed E-state index contributed by atoms with van der Waals surface area (Å²) in [5.74, 6) is 0.122. The molecule has 3 rings (SSSR count). The van der Waals surface area contributed by atoms with Crippen molar-refractivity contribution in [1.82, 2.24) is 0 Å². The highest BCUT2D eigenvalue weighted by Gasteiger charge is 2.18. The van der Waals surface area contributed by atoms with Crippen LogP contribution in [0.4, 0.5) is 11.4 Å². The Kier molecular flexibility index (Phi) is 7.88. The zero-order valence-corrected chi connectivity index (χ0v) is 19.2. The second-order valence-corrected chi connectivity index (χ2v) is 7.75. The predicted molar refractivity (Wildman–Crippen MR) is 133 cm³/mol. The van der Waals surface area contributed by atoms with Gasteiger partial charge >= 0.3 is 0 Å². The molecule has 0 atom stereocenters. The highest BCUT2D eigenvalue weighted by Crippen LogP contribution is 2.34. The van der Waals surface area contributed by atoms with Crippen molar-refractivity contribution in [1.29, 1.82) is 0 Å². The molecule has 0 heterocycles. The van der Waals surface area contributed by atoms with Gasteiger partial charge in [0.25, 0.3) is 0 Å². The summed E-state index contributed by atoms with van der Waals surface area (Å²) in [6.07, 6.45) is 0.899. The van der Waals surface area contributed by atoms with Crippen LogP contribution in [-0.4, -0.2) is 32.5 Å². The van der Waals surface area contributed by atoms with E-state index in [1.807, 2.05) is 12.1 Å². The van der Waals surface area contributed by atoms with Crippen molar-refractivity contribution in [3.63, 3.8) is 0 Å². The molecule has 0 unspecified atom stereocenters. The molecule has 0 amide bonds. The largest absolute Gasteiger partial charge is 0.372 e. The molecule has 0 aliphatic heterocycles. The molecule has 0 bridgehead atoms. The van der Waals surface area contributed by atoms with Crippen molar-refractivity contribution in [3.8, 4) is 0 Å². The van der Waals surface area contributed by atoms with Gasteiger partial charge in [-0.1, -0.05) is 48.5 Å². The number of rotatable bonds is 10. The van der Waals surface area contributed by atoms with Crippen LogP contribution in [0.15, 0.2) is 72.8 Å². The van der Waals surface area contributed by atoms with Crippen LogP contribution >= 0.6 is 0 Å². The summed E-state index contributed by atoms with van der Waals surface area (Å²) < 4.78 is 0. The van der Waals surface area contributed by atoms with E-state index in [9.17, 15) is 4.79 Å². The van der Waals surface area contributed by atoms with Gasteiger partial charge in [0, 0.05) is 49.0 Å². The van der Waals surface area contributed by atoms with Crippen LogP contribution in [0.1, 0.15) is 60.7 Å². The Hall–Kier alpha value is -3.07. The number of aldehydes is 1. The summed E-state index contributed by atoms with van der Waals surface area (Å²) >= 11 is 0. The number of nitrogens with zero attached hydrogens (tertiary/aromatic N) is 2. The first kappa shape index (κ1) is 22.6. The highest BCUT2D eigenvalue weighted by molar-refractivity contribution is 5.74. The van der Waals surface area contributed by atoms with Gasteiger partial charge < -0.3 is 9.80 Å². The van der Waals surface area contributed by atoms with Crippen molar-refractivity contribution >= 4 is 17.7 Å². The lowest BCUT2D eigenvalue weighted by Gasteiger charge is -2.25. The minimum Gasteiger partial charge on any atom is -0.372 e. The van der Waals surface area contributed by atoms with Crippen molar-refractivity contribution < 1.29 is 4.79 Å². The first-order valence-electron chi connectivity index (χ1n) is 11.4. The van der Waals surface area contributed by atoms with Gasteiger partial charge in [0.15, 0.2) is 0 Å². The van der Waals surface area contributed by atoms with E-state index in [4.69, 9.17) is 0 Å².